The molecule has 0 saturated carbocycles. The fourth-order valence-corrected chi connectivity index (χ4v) is 2.60. The molecule has 5 heteroatoms. The number of carbonyl (C=O) groups excluding carboxylic acids is 3. The summed E-state index contributed by atoms with van der Waals surface area (Å²) in [7, 11) is 1.27. The number of nitrogens with zero attached hydrogens (tertiary/aromatic N) is 1. The number of esters is 1. The molecule has 0 aromatic heterocycles. The third-order valence-corrected chi connectivity index (χ3v) is 3.82. The summed E-state index contributed by atoms with van der Waals surface area (Å²) in [5, 5.41) is 0. The number of methoxy groups -OCH3 is 1. The lowest BCUT2D eigenvalue weighted by atomic mass is 10.1. The Kier molecular flexibility index (Phi) is 5.68. The van der Waals surface area contributed by atoms with Crippen LogP contribution in [0, 0.1) is 0 Å². The van der Waals surface area contributed by atoms with Crippen LogP contribution in [0.25, 0.3) is 0 Å². The Balaban J connectivity index is 2.26. The van der Waals surface area contributed by atoms with Gasteiger partial charge >= 0.3 is 5.97 Å². The number of carbonyl (C=O) groups is 3. The first-order valence-corrected chi connectivity index (χ1v) is 7.83. The highest BCUT2D eigenvalue weighted by Gasteiger charge is 2.36. The second-order valence-corrected chi connectivity index (χ2v) is 5.44. The van der Waals surface area contributed by atoms with E-state index in [1.54, 1.807) is 24.3 Å². The van der Waals surface area contributed by atoms with E-state index in [1.807, 2.05) is 6.08 Å². The van der Waals surface area contributed by atoms with Crippen molar-refractivity contribution in [2.24, 2.45) is 0 Å². The summed E-state index contributed by atoms with van der Waals surface area (Å²) < 4.78 is 4.72. The molecule has 0 spiro atoms. The number of rotatable bonds is 6. The maximum absolute atomic E-state index is 12.5. The largest absolute Gasteiger partial charge is 0.465 e. The molecule has 0 aliphatic carbocycles. The molecule has 1 fully saturated rings. The van der Waals surface area contributed by atoms with Gasteiger partial charge in [-0.2, -0.15) is 0 Å². The Hall–Kier alpha value is -2.43. The van der Waals surface area contributed by atoms with E-state index in [0.29, 0.717) is 5.57 Å². The number of unbranched alkanes of at least 4 members (excludes halogenated alkanes) is 3. The molecule has 0 bridgehead atoms. The Bertz CT molecular complexity index is 648. The lowest BCUT2D eigenvalue weighted by Gasteiger charge is -2.16. The molecule has 2 rings (SSSR count). The van der Waals surface area contributed by atoms with Crippen molar-refractivity contribution in [3.8, 4) is 0 Å². The zero-order chi connectivity index (χ0) is 16.8. The van der Waals surface area contributed by atoms with Gasteiger partial charge in [0.05, 0.1) is 24.8 Å². The predicted octanol–water partition coefficient (Wildman–Crippen LogP) is 3.24. The topological polar surface area (TPSA) is 63.7 Å². The quantitative estimate of drug-likeness (QED) is 0.350. The van der Waals surface area contributed by atoms with E-state index >= 15 is 0 Å². The van der Waals surface area contributed by atoms with Crippen molar-refractivity contribution >= 4 is 23.5 Å². The SMILES string of the molecule is CCCCCC=C1CC(=O)N(c2ccccc2C(=O)OC)C1=O. The number of benzene rings is 1. The van der Waals surface area contributed by atoms with Crippen molar-refractivity contribution < 1.29 is 19.1 Å². The number of ether oxygens (including phenoxy) is 1. The van der Waals surface area contributed by atoms with Crippen LogP contribution in [0.5, 0.6) is 0 Å². The van der Waals surface area contributed by atoms with Gasteiger partial charge in [0, 0.05) is 5.57 Å². The number of hydrogen-bond acceptors (Lipinski definition) is 4. The number of para-hydroxylation sites is 1. The van der Waals surface area contributed by atoms with Gasteiger partial charge in [0.25, 0.3) is 5.91 Å². The molecule has 1 heterocycles. The van der Waals surface area contributed by atoms with Crippen molar-refractivity contribution in [2.75, 3.05) is 12.0 Å². The van der Waals surface area contributed by atoms with Crippen molar-refractivity contribution in [3.05, 3.63) is 41.5 Å². The molecule has 1 aromatic rings. The molecule has 1 aliphatic rings. The van der Waals surface area contributed by atoms with Gasteiger partial charge in [-0.05, 0) is 25.0 Å². The van der Waals surface area contributed by atoms with Gasteiger partial charge in [-0.3, -0.25) is 9.59 Å². The first-order chi connectivity index (χ1) is 11.1. The summed E-state index contributed by atoms with van der Waals surface area (Å²) in [5.41, 5.74) is 1.00. The molecule has 1 saturated heterocycles. The maximum atomic E-state index is 12.5. The van der Waals surface area contributed by atoms with Crippen molar-refractivity contribution in [3.63, 3.8) is 0 Å². The lowest BCUT2D eigenvalue weighted by Crippen LogP contribution is -2.30. The average Bonchev–Trinajstić information content (AvgIpc) is 2.85. The molecule has 122 valence electrons. The molecule has 0 radical (unpaired) electrons. The third kappa shape index (κ3) is 3.67. The Morgan fingerprint density at radius 3 is 2.70 bits per heavy atom. The number of anilines is 1. The minimum Gasteiger partial charge on any atom is -0.465 e. The fourth-order valence-electron chi connectivity index (χ4n) is 2.60. The fraction of sp³-hybridized carbons (Fsp3) is 0.389. The van der Waals surface area contributed by atoms with Crippen molar-refractivity contribution in [1.82, 2.24) is 0 Å². The molecule has 0 unspecified atom stereocenters. The molecule has 2 amide bonds. The Labute approximate surface area is 135 Å². The lowest BCUT2D eigenvalue weighted by molar-refractivity contribution is -0.120. The molecule has 1 aromatic carbocycles. The molecule has 0 atom stereocenters. The van der Waals surface area contributed by atoms with Crippen LogP contribution in [0.3, 0.4) is 0 Å². The van der Waals surface area contributed by atoms with Crippen molar-refractivity contribution in [1.29, 1.82) is 0 Å². The van der Waals surface area contributed by atoms with E-state index in [4.69, 9.17) is 4.74 Å². The first kappa shape index (κ1) is 16.9. The maximum Gasteiger partial charge on any atom is 0.339 e. The summed E-state index contributed by atoms with van der Waals surface area (Å²) in [5.74, 6) is -1.22. The van der Waals surface area contributed by atoms with Gasteiger partial charge in [0.1, 0.15) is 0 Å². The monoisotopic (exact) mass is 315 g/mol. The zero-order valence-electron chi connectivity index (χ0n) is 13.5. The number of amides is 2. The molecule has 0 N–H and O–H groups in total. The Morgan fingerprint density at radius 2 is 2.00 bits per heavy atom. The number of imide groups is 1. The van der Waals surface area contributed by atoms with Crippen LogP contribution in [0.15, 0.2) is 35.9 Å². The number of allylic oxidation sites excluding steroid dienone is 1. The van der Waals surface area contributed by atoms with Gasteiger partial charge in [-0.15, -0.1) is 0 Å². The van der Waals surface area contributed by atoms with Gasteiger partial charge in [-0.1, -0.05) is 38.0 Å². The highest BCUT2D eigenvalue weighted by Crippen LogP contribution is 2.29. The van der Waals surface area contributed by atoms with Crippen LogP contribution < -0.4 is 4.90 Å². The van der Waals surface area contributed by atoms with E-state index in [9.17, 15) is 14.4 Å². The van der Waals surface area contributed by atoms with Gasteiger partial charge in [-0.25, -0.2) is 9.69 Å². The van der Waals surface area contributed by atoms with E-state index < -0.39 is 5.97 Å². The number of hydrogen-bond donors (Lipinski definition) is 0. The smallest absolute Gasteiger partial charge is 0.339 e. The minimum absolute atomic E-state index is 0.0838. The van der Waals surface area contributed by atoms with Gasteiger partial charge < -0.3 is 4.74 Å². The van der Waals surface area contributed by atoms with Crippen molar-refractivity contribution in [2.45, 2.75) is 39.0 Å². The van der Waals surface area contributed by atoms with Crippen LogP contribution in [-0.4, -0.2) is 24.9 Å². The highest BCUT2D eigenvalue weighted by molar-refractivity contribution is 6.29. The van der Waals surface area contributed by atoms with Crippen LogP contribution >= 0.6 is 0 Å². The Morgan fingerprint density at radius 1 is 1.26 bits per heavy atom. The standard InChI is InChI=1S/C18H21NO4/c1-3-4-5-6-9-13-12-16(20)19(17(13)21)15-11-8-7-10-14(15)18(22)23-2/h7-11H,3-6,12H2,1-2H3. The molecule has 1 aliphatic heterocycles. The summed E-state index contributed by atoms with van der Waals surface area (Å²) in [4.78, 5) is 37.7. The van der Waals surface area contributed by atoms with Gasteiger partial charge in [0.15, 0.2) is 0 Å². The van der Waals surface area contributed by atoms with Crippen LogP contribution in [0.2, 0.25) is 0 Å². The summed E-state index contributed by atoms with van der Waals surface area (Å²) >= 11 is 0. The summed E-state index contributed by atoms with van der Waals surface area (Å²) in [6, 6.07) is 6.49. The predicted molar refractivity (Wildman–Crippen MR) is 87.1 cm³/mol. The first-order valence-electron chi connectivity index (χ1n) is 7.83. The molecule has 5 nitrogen and oxygen atoms in total. The zero-order valence-corrected chi connectivity index (χ0v) is 13.5. The highest BCUT2D eigenvalue weighted by atomic mass is 16.5. The van der Waals surface area contributed by atoms with Crippen LogP contribution in [0.1, 0.15) is 49.4 Å². The van der Waals surface area contributed by atoms with E-state index in [1.165, 1.54) is 7.11 Å². The normalized spacial score (nSPS) is 16.3. The van der Waals surface area contributed by atoms with E-state index in [-0.39, 0.29) is 29.5 Å². The second-order valence-electron chi connectivity index (χ2n) is 5.44. The minimum atomic E-state index is -0.568. The summed E-state index contributed by atoms with van der Waals surface area (Å²) in [6.07, 6.45) is 5.92. The van der Waals surface area contributed by atoms with E-state index in [0.717, 1.165) is 30.6 Å². The third-order valence-electron chi connectivity index (χ3n) is 3.82. The van der Waals surface area contributed by atoms with Crippen LogP contribution in [0.4, 0.5) is 5.69 Å². The van der Waals surface area contributed by atoms with E-state index in [2.05, 4.69) is 6.92 Å². The van der Waals surface area contributed by atoms with Crippen LogP contribution in [-0.2, 0) is 14.3 Å². The molecular formula is C18H21NO4. The average molecular weight is 315 g/mol. The molecular weight excluding hydrogens is 294 g/mol. The summed E-state index contributed by atoms with van der Waals surface area (Å²) in [6.45, 7) is 2.11. The molecule has 23 heavy (non-hydrogen) atoms. The van der Waals surface area contributed by atoms with Gasteiger partial charge in [0.2, 0.25) is 5.91 Å². The second kappa shape index (κ2) is 7.72.